The van der Waals surface area contributed by atoms with Gasteiger partial charge in [-0.3, -0.25) is 5.43 Å². The number of carbonyl (C=O) groups excluding carboxylic acids is 1. The molecule has 1 fully saturated rings. The standard InChI is InChI=1S/C17H22N4O5/c1-24-12-4-2-11(3-5-12)8-14-16(15(22)10-18-14)25-17(23)21-19-9-13-6-7-20-26-13/h2-7,14-16,18-19,22H,8-10H2,1H3,(H,21,23)/t14-,15+,16+/m1/s1. The van der Waals surface area contributed by atoms with Crippen molar-refractivity contribution >= 4 is 6.09 Å². The minimum Gasteiger partial charge on any atom is -0.497 e. The molecular formula is C17H22N4O5. The quantitative estimate of drug-likeness (QED) is 0.522. The van der Waals surface area contributed by atoms with Crippen LogP contribution in [0.2, 0.25) is 0 Å². The number of aliphatic hydroxyl groups excluding tert-OH is 1. The van der Waals surface area contributed by atoms with Gasteiger partial charge in [0, 0.05) is 12.6 Å². The summed E-state index contributed by atoms with van der Waals surface area (Å²) in [4.78, 5) is 12.0. The number of hydrazine groups is 1. The van der Waals surface area contributed by atoms with E-state index in [-0.39, 0.29) is 12.6 Å². The molecule has 0 bridgehead atoms. The Balaban J connectivity index is 1.50. The van der Waals surface area contributed by atoms with Gasteiger partial charge in [-0.15, -0.1) is 0 Å². The molecule has 1 aliphatic rings. The van der Waals surface area contributed by atoms with E-state index in [0.717, 1.165) is 11.3 Å². The van der Waals surface area contributed by atoms with Gasteiger partial charge in [0.25, 0.3) is 0 Å². The molecule has 1 amide bonds. The predicted octanol–water partition coefficient (Wildman–Crippen LogP) is 0.358. The molecule has 2 aromatic rings. The second-order valence-corrected chi connectivity index (χ2v) is 5.96. The highest BCUT2D eigenvalue weighted by atomic mass is 16.6. The monoisotopic (exact) mass is 362 g/mol. The number of rotatable bonds is 7. The van der Waals surface area contributed by atoms with Crippen molar-refractivity contribution in [2.75, 3.05) is 13.7 Å². The lowest BCUT2D eigenvalue weighted by atomic mass is 10.0. The topological polar surface area (TPSA) is 118 Å². The summed E-state index contributed by atoms with van der Waals surface area (Å²) in [7, 11) is 1.61. The van der Waals surface area contributed by atoms with Crippen LogP contribution in [0.15, 0.2) is 41.1 Å². The van der Waals surface area contributed by atoms with Crippen molar-refractivity contribution < 1.29 is 23.9 Å². The van der Waals surface area contributed by atoms with Gasteiger partial charge in [-0.05, 0) is 24.1 Å². The summed E-state index contributed by atoms with van der Waals surface area (Å²) >= 11 is 0. The first-order chi connectivity index (χ1) is 12.7. The van der Waals surface area contributed by atoms with Crippen LogP contribution >= 0.6 is 0 Å². The first kappa shape index (κ1) is 18.2. The molecule has 1 aliphatic heterocycles. The fourth-order valence-electron chi connectivity index (χ4n) is 2.83. The number of hydrogen-bond donors (Lipinski definition) is 4. The van der Waals surface area contributed by atoms with Crippen LogP contribution < -0.4 is 20.9 Å². The molecule has 2 heterocycles. The number of aliphatic hydroxyl groups is 1. The van der Waals surface area contributed by atoms with Crippen molar-refractivity contribution in [3.05, 3.63) is 47.9 Å². The Kier molecular flexibility index (Phi) is 6.05. The highest BCUT2D eigenvalue weighted by molar-refractivity contribution is 5.66. The Morgan fingerprint density at radius 2 is 2.19 bits per heavy atom. The van der Waals surface area contributed by atoms with Crippen molar-refractivity contribution in [1.82, 2.24) is 21.3 Å². The van der Waals surface area contributed by atoms with Crippen LogP contribution in [0.1, 0.15) is 11.3 Å². The number of ether oxygens (including phenoxy) is 2. The van der Waals surface area contributed by atoms with Gasteiger partial charge < -0.3 is 24.4 Å². The van der Waals surface area contributed by atoms with E-state index in [9.17, 15) is 9.90 Å². The summed E-state index contributed by atoms with van der Waals surface area (Å²) in [5.41, 5.74) is 6.14. The van der Waals surface area contributed by atoms with E-state index in [4.69, 9.17) is 14.0 Å². The zero-order valence-corrected chi connectivity index (χ0v) is 14.3. The maximum atomic E-state index is 12.0. The van der Waals surface area contributed by atoms with Gasteiger partial charge in [0.2, 0.25) is 0 Å². The number of benzene rings is 1. The second-order valence-electron chi connectivity index (χ2n) is 5.96. The van der Waals surface area contributed by atoms with Crippen LogP contribution in [0.25, 0.3) is 0 Å². The number of nitrogens with zero attached hydrogens (tertiary/aromatic N) is 1. The average molecular weight is 362 g/mol. The lowest BCUT2D eigenvalue weighted by Crippen LogP contribution is -2.44. The van der Waals surface area contributed by atoms with Gasteiger partial charge in [0.15, 0.2) is 5.76 Å². The van der Waals surface area contributed by atoms with E-state index in [1.54, 1.807) is 13.2 Å². The van der Waals surface area contributed by atoms with E-state index in [2.05, 4.69) is 21.3 Å². The average Bonchev–Trinajstić information content (AvgIpc) is 3.28. The lowest BCUT2D eigenvalue weighted by molar-refractivity contribution is 0.0171. The van der Waals surface area contributed by atoms with Crippen molar-refractivity contribution in [3.8, 4) is 5.75 Å². The third kappa shape index (κ3) is 4.72. The number of carbonyl (C=O) groups is 1. The summed E-state index contributed by atoms with van der Waals surface area (Å²) in [6.07, 6.45) is 0.0453. The van der Waals surface area contributed by atoms with E-state index < -0.39 is 18.3 Å². The van der Waals surface area contributed by atoms with E-state index in [1.807, 2.05) is 24.3 Å². The van der Waals surface area contributed by atoms with E-state index in [1.165, 1.54) is 6.20 Å². The maximum absolute atomic E-state index is 12.0. The van der Waals surface area contributed by atoms with Gasteiger partial charge in [-0.1, -0.05) is 17.3 Å². The number of amides is 1. The minimum atomic E-state index is -0.765. The van der Waals surface area contributed by atoms with Gasteiger partial charge in [-0.2, -0.15) is 0 Å². The summed E-state index contributed by atoms with van der Waals surface area (Å²) in [6.45, 7) is 0.639. The zero-order chi connectivity index (χ0) is 18.4. The summed E-state index contributed by atoms with van der Waals surface area (Å²) < 4.78 is 15.4. The fraction of sp³-hybridized carbons (Fsp3) is 0.412. The number of aromatic nitrogens is 1. The molecule has 140 valence electrons. The predicted molar refractivity (Wildman–Crippen MR) is 91.2 cm³/mol. The number of nitrogens with one attached hydrogen (secondary N) is 3. The first-order valence-corrected chi connectivity index (χ1v) is 8.29. The molecule has 9 nitrogen and oxygen atoms in total. The first-order valence-electron chi connectivity index (χ1n) is 8.29. The Labute approximate surface area is 150 Å². The van der Waals surface area contributed by atoms with Crippen molar-refractivity contribution in [2.45, 2.75) is 31.2 Å². The normalized spacial score (nSPS) is 22.2. The summed E-state index contributed by atoms with van der Waals surface area (Å²) in [5, 5.41) is 16.9. The third-order valence-corrected chi connectivity index (χ3v) is 4.17. The molecule has 1 aromatic heterocycles. The molecule has 9 heteroatoms. The van der Waals surface area contributed by atoms with Gasteiger partial charge >= 0.3 is 6.09 Å². The molecule has 0 saturated carbocycles. The summed E-state index contributed by atoms with van der Waals surface area (Å²) in [6, 6.07) is 9.13. The molecule has 3 rings (SSSR count). The van der Waals surface area contributed by atoms with Crippen LogP contribution in [0, 0.1) is 0 Å². The van der Waals surface area contributed by atoms with Crippen LogP contribution in [0.3, 0.4) is 0 Å². The van der Waals surface area contributed by atoms with Crippen molar-refractivity contribution in [2.24, 2.45) is 0 Å². The van der Waals surface area contributed by atoms with Gasteiger partial charge in [0.1, 0.15) is 18.0 Å². The molecule has 26 heavy (non-hydrogen) atoms. The molecule has 4 N–H and O–H groups in total. The molecule has 0 spiro atoms. The van der Waals surface area contributed by atoms with Crippen molar-refractivity contribution in [1.29, 1.82) is 0 Å². The molecular weight excluding hydrogens is 340 g/mol. The van der Waals surface area contributed by atoms with Crippen LogP contribution in [0.4, 0.5) is 4.79 Å². The summed E-state index contributed by atoms with van der Waals surface area (Å²) in [5.74, 6) is 1.35. The maximum Gasteiger partial charge on any atom is 0.422 e. The number of hydrogen-bond acceptors (Lipinski definition) is 8. The molecule has 1 saturated heterocycles. The highest BCUT2D eigenvalue weighted by Crippen LogP contribution is 2.19. The fourth-order valence-corrected chi connectivity index (χ4v) is 2.83. The number of β-amino-alcohol motifs (C(OH)–C–C–N with tert-alkyl or cyclic N) is 1. The Bertz CT molecular complexity index is 692. The SMILES string of the molecule is COc1ccc(C[C@H]2NC[C@H](O)[C@H]2OC(=O)NNCc2ccno2)cc1. The number of methoxy groups -OCH3 is 1. The third-order valence-electron chi connectivity index (χ3n) is 4.17. The molecule has 0 radical (unpaired) electrons. The Morgan fingerprint density at radius 1 is 1.38 bits per heavy atom. The molecule has 1 aromatic carbocycles. The van der Waals surface area contributed by atoms with Gasteiger partial charge in [-0.25, -0.2) is 10.2 Å². The lowest BCUT2D eigenvalue weighted by Gasteiger charge is -2.22. The minimum absolute atomic E-state index is 0.182. The molecule has 0 aliphatic carbocycles. The molecule has 0 unspecified atom stereocenters. The molecule has 3 atom stereocenters. The van der Waals surface area contributed by atoms with E-state index >= 15 is 0 Å². The zero-order valence-electron chi connectivity index (χ0n) is 14.3. The Hall–Kier alpha value is -2.62. The van der Waals surface area contributed by atoms with Crippen LogP contribution in [-0.4, -0.2) is 48.3 Å². The van der Waals surface area contributed by atoms with Crippen LogP contribution in [0.5, 0.6) is 5.75 Å². The van der Waals surface area contributed by atoms with Crippen molar-refractivity contribution in [3.63, 3.8) is 0 Å². The van der Waals surface area contributed by atoms with Gasteiger partial charge in [0.05, 0.1) is 25.9 Å². The van der Waals surface area contributed by atoms with E-state index in [0.29, 0.717) is 18.7 Å². The second kappa shape index (κ2) is 8.65. The van der Waals surface area contributed by atoms with Crippen LogP contribution in [-0.2, 0) is 17.7 Å². The highest BCUT2D eigenvalue weighted by Gasteiger charge is 2.37. The smallest absolute Gasteiger partial charge is 0.422 e. The Morgan fingerprint density at radius 3 is 2.88 bits per heavy atom. The largest absolute Gasteiger partial charge is 0.497 e.